The summed E-state index contributed by atoms with van der Waals surface area (Å²) in [4.78, 5) is -0.111. The van der Waals surface area contributed by atoms with Gasteiger partial charge >= 0.3 is 0 Å². The van der Waals surface area contributed by atoms with Crippen molar-refractivity contribution in [3.8, 4) is 0 Å². The van der Waals surface area contributed by atoms with Crippen LogP contribution in [0.15, 0.2) is 45.8 Å². The van der Waals surface area contributed by atoms with Crippen molar-refractivity contribution in [3.63, 3.8) is 0 Å². The van der Waals surface area contributed by atoms with Crippen LogP contribution in [0.5, 0.6) is 0 Å². The van der Waals surface area contributed by atoms with E-state index >= 15 is 0 Å². The lowest BCUT2D eigenvalue weighted by Crippen LogP contribution is -2.15. The summed E-state index contributed by atoms with van der Waals surface area (Å²) in [6, 6.07) is 9.07. The molecule has 2 aromatic rings. The van der Waals surface area contributed by atoms with Gasteiger partial charge in [0.1, 0.15) is 10.7 Å². The molecule has 4 nitrogen and oxygen atoms in total. The van der Waals surface area contributed by atoms with E-state index in [2.05, 4.69) is 20.7 Å². The predicted octanol–water partition coefficient (Wildman–Crippen LogP) is 3.28. The van der Waals surface area contributed by atoms with E-state index in [-0.39, 0.29) is 15.1 Å². The number of hydrogen-bond acceptors (Lipinski definition) is 3. The second kappa shape index (κ2) is 5.41. The second-order valence-electron chi connectivity index (χ2n) is 4.22. The average Bonchev–Trinajstić information content (AvgIpc) is 2.36. The molecule has 0 fully saturated rings. The van der Waals surface area contributed by atoms with Gasteiger partial charge in [-0.1, -0.05) is 18.2 Å². The maximum absolute atomic E-state index is 13.3. The monoisotopic (exact) mass is 358 g/mol. The van der Waals surface area contributed by atoms with Crippen LogP contribution in [0, 0.1) is 12.7 Å². The Morgan fingerprint density at radius 1 is 1.25 bits per heavy atom. The first-order valence-electron chi connectivity index (χ1n) is 5.64. The quantitative estimate of drug-likeness (QED) is 0.827. The normalized spacial score (nSPS) is 11.3. The first-order chi connectivity index (χ1) is 9.31. The van der Waals surface area contributed by atoms with Gasteiger partial charge in [-0.3, -0.25) is 4.72 Å². The number of nitrogens with two attached hydrogens (primary N) is 1. The van der Waals surface area contributed by atoms with Crippen molar-refractivity contribution in [2.45, 2.75) is 11.8 Å². The zero-order valence-corrected chi connectivity index (χ0v) is 12.9. The van der Waals surface area contributed by atoms with Gasteiger partial charge in [-0.05, 0) is 46.6 Å². The first-order valence-corrected chi connectivity index (χ1v) is 7.92. The number of sulfonamides is 1. The summed E-state index contributed by atoms with van der Waals surface area (Å²) >= 11 is 3.03. The van der Waals surface area contributed by atoms with E-state index in [1.54, 1.807) is 31.2 Å². The van der Waals surface area contributed by atoms with Crippen LogP contribution in [0.2, 0.25) is 0 Å². The van der Waals surface area contributed by atoms with Crippen molar-refractivity contribution in [3.05, 3.63) is 52.3 Å². The number of para-hydroxylation sites is 1. The summed E-state index contributed by atoms with van der Waals surface area (Å²) in [6.45, 7) is 1.78. The third-order valence-electron chi connectivity index (χ3n) is 2.73. The lowest BCUT2D eigenvalue weighted by molar-refractivity contribution is 0.599. The Hall–Kier alpha value is -1.60. The highest BCUT2D eigenvalue weighted by atomic mass is 79.9. The number of nitrogens with one attached hydrogen (secondary N) is 1. The Morgan fingerprint density at radius 3 is 2.55 bits per heavy atom. The molecular formula is C13H12BrFN2O2S. The van der Waals surface area contributed by atoms with Gasteiger partial charge in [0.05, 0.1) is 11.4 Å². The highest BCUT2D eigenvalue weighted by molar-refractivity contribution is 9.10. The molecule has 0 unspecified atom stereocenters. The van der Waals surface area contributed by atoms with Crippen molar-refractivity contribution in [1.82, 2.24) is 0 Å². The van der Waals surface area contributed by atoms with Crippen LogP contribution in [0.4, 0.5) is 15.8 Å². The maximum Gasteiger partial charge on any atom is 0.263 e. The van der Waals surface area contributed by atoms with E-state index in [1.807, 2.05) is 0 Å². The standard InChI is InChI=1S/C13H12BrFN2O2S/c1-8-4-2-3-5-12(8)17-20(18,19)13-7-11(16)10(15)6-9(13)14/h2-7,17H,16H2,1H3. The first kappa shape index (κ1) is 14.8. The Balaban J connectivity index is 2.47. The van der Waals surface area contributed by atoms with Gasteiger partial charge < -0.3 is 5.73 Å². The summed E-state index contributed by atoms with van der Waals surface area (Å²) in [5.74, 6) is -0.674. The van der Waals surface area contributed by atoms with Gasteiger partial charge in [0.15, 0.2) is 0 Å². The summed E-state index contributed by atoms with van der Waals surface area (Å²) in [5, 5.41) is 0. The molecular weight excluding hydrogens is 347 g/mol. The number of aryl methyl sites for hydroxylation is 1. The SMILES string of the molecule is Cc1ccccc1NS(=O)(=O)c1cc(N)c(F)cc1Br. The molecule has 0 aromatic heterocycles. The van der Waals surface area contributed by atoms with E-state index in [4.69, 9.17) is 5.73 Å². The van der Waals surface area contributed by atoms with Gasteiger partial charge in [-0.15, -0.1) is 0 Å². The number of hydrogen-bond donors (Lipinski definition) is 2. The topological polar surface area (TPSA) is 72.2 Å². The van der Waals surface area contributed by atoms with E-state index in [0.717, 1.165) is 17.7 Å². The van der Waals surface area contributed by atoms with Crippen LogP contribution in [-0.4, -0.2) is 8.42 Å². The molecule has 0 bridgehead atoms. The maximum atomic E-state index is 13.3. The van der Waals surface area contributed by atoms with Crippen LogP contribution in [0.25, 0.3) is 0 Å². The Morgan fingerprint density at radius 2 is 1.90 bits per heavy atom. The molecule has 3 N–H and O–H groups in total. The van der Waals surface area contributed by atoms with Crippen LogP contribution >= 0.6 is 15.9 Å². The number of halogens is 2. The third-order valence-corrected chi connectivity index (χ3v) is 5.05. The highest BCUT2D eigenvalue weighted by Gasteiger charge is 2.20. The van der Waals surface area contributed by atoms with Crippen LogP contribution in [-0.2, 0) is 10.0 Å². The van der Waals surface area contributed by atoms with Gasteiger partial charge in [0.2, 0.25) is 0 Å². The predicted molar refractivity (Wildman–Crippen MR) is 80.5 cm³/mol. The molecule has 0 heterocycles. The molecule has 0 radical (unpaired) electrons. The smallest absolute Gasteiger partial charge is 0.263 e. The van der Waals surface area contributed by atoms with Crippen molar-refractivity contribution < 1.29 is 12.8 Å². The fourth-order valence-electron chi connectivity index (χ4n) is 1.64. The molecule has 7 heteroatoms. The highest BCUT2D eigenvalue weighted by Crippen LogP contribution is 2.28. The summed E-state index contributed by atoms with van der Waals surface area (Å²) in [5.41, 5.74) is 6.44. The van der Waals surface area contributed by atoms with Gasteiger partial charge in [0, 0.05) is 4.47 Å². The fourth-order valence-corrected chi connectivity index (χ4v) is 3.82. The van der Waals surface area contributed by atoms with Crippen molar-refractivity contribution in [2.24, 2.45) is 0 Å². The zero-order chi connectivity index (χ0) is 14.9. The van der Waals surface area contributed by atoms with E-state index in [9.17, 15) is 12.8 Å². The number of benzene rings is 2. The zero-order valence-electron chi connectivity index (χ0n) is 10.5. The largest absolute Gasteiger partial charge is 0.396 e. The molecule has 0 aliphatic carbocycles. The number of rotatable bonds is 3. The minimum Gasteiger partial charge on any atom is -0.396 e. The van der Waals surface area contributed by atoms with Crippen LogP contribution in [0.1, 0.15) is 5.56 Å². The third kappa shape index (κ3) is 2.94. The van der Waals surface area contributed by atoms with Gasteiger partial charge in [-0.2, -0.15) is 0 Å². The van der Waals surface area contributed by atoms with Gasteiger partial charge in [-0.25, -0.2) is 12.8 Å². The van der Waals surface area contributed by atoms with Crippen molar-refractivity contribution >= 4 is 37.3 Å². The van der Waals surface area contributed by atoms with Crippen LogP contribution in [0.3, 0.4) is 0 Å². The van der Waals surface area contributed by atoms with Gasteiger partial charge in [0.25, 0.3) is 10.0 Å². The summed E-state index contributed by atoms with van der Waals surface area (Å²) < 4.78 is 40.5. The molecule has 0 saturated carbocycles. The fraction of sp³-hybridized carbons (Fsp3) is 0.0769. The minimum atomic E-state index is -3.85. The van der Waals surface area contributed by atoms with Crippen molar-refractivity contribution in [1.29, 1.82) is 0 Å². The molecule has 0 saturated heterocycles. The summed E-state index contributed by atoms with van der Waals surface area (Å²) in [6.07, 6.45) is 0. The van der Waals surface area contributed by atoms with Crippen LogP contribution < -0.4 is 10.5 Å². The Kier molecular flexibility index (Phi) is 4.01. The molecule has 0 aliphatic heterocycles. The average molecular weight is 359 g/mol. The van der Waals surface area contributed by atoms with E-state index in [0.29, 0.717) is 5.69 Å². The second-order valence-corrected chi connectivity index (χ2v) is 6.73. The van der Waals surface area contributed by atoms with E-state index in [1.165, 1.54) is 0 Å². The van der Waals surface area contributed by atoms with Crippen molar-refractivity contribution in [2.75, 3.05) is 10.5 Å². The lowest BCUT2D eigenvalue weighted by Gasteiger charge is -2.12. The molecule has 20 heavy (non-hydrogen) atoms. The number of anilines is 2. The molecule has 0 spiro atoms. The molecule has 106 valence electrons. The molecule has 0 amide bonds. The Labute approximate surface area is 125 Å². The molecule has 0 atom stereocenters. The lowest BCUT2D eigenvalue weighted by atomic mass is 10.2. The minimum absolute atomic E-state index is 0.111. The van der Waals surface area contributed by atoms with E-state index < -0.39 is 15.8 Å². The summed E-state index contributed by atoms with van der Waals surface area (Å²) in [7, 11) is -3.85. The molecule has 2 aromatic carbocycles. The molecule has 0 aliphatic rings. The number of nitrogen functional groups attached to an aromatic ring is 1. The Bertz CT molecular complexity index is 763. The molecule has 2 rings (SSSR count).